The van der Waals surface area contributed by atoms with Gasteiger partial charge in [-0.1, -0.05) is 30.3 Å². The first-order valence-corrected chi connectivity index (χ1v) is 7.97. The van der Waals surface area contributed by atoms with Gasteiger partial charge in [0.25, 0.3) is 0 Å². The maximum absolute atomic E-state index is 12.2. The molecule has 0 spiro atoms. The zero-order valence-corrected chi connectivity index (χ0v) is 11.7. The smallest absolute Gasteiger partial charge is 0.240 e. The average Bonchev–Trinajstić information content (AvgIpc) is 3.19. The lowest BCUT2D eigenvalue weighted by molar-refractivity contribution is 0.580. The molecule has 1 fully saturated rings. The van der Waals surface area contributed by atoms with Crippen LogP contribution >= 0.6 is 0 Å². The number of nitrogens with one attached hydrogen (secondary N) is 1. The van der Waals surface area contributed by atoms with Gasteiger partial charge in [-0.2, -0.15) is 0 Å². The second-order valence-corrected chi connectivity index (χ2v) is 6.76. The highest BCUT2D eigenvalue weighted by molar-refractivity contribution is 7.89. The summed E-state index contributed by atoms with van der Waals surface area (Å²) < 4.78 is 27.2. The van der Waals surface area contributed by atoms with Crippen LogP contribution in [0.4, 0.5) is 5.69 Å². The van der Waals surface area contributed by atoms with Gasteiger partial charge in [0.2, 0.25) is 10.0 Å². The highest BCUT2D eigenvalue weighted by Crippen LogP contribution is 2.41. The fourth-order valence-electron chi connectivity index (χ4n) is 2.31. The number of sulfonamides is 1. The Balaban J connectivity index is 1.71. The number of hydrogen-bond donors (Lipinski definition) is 2. The molecule has 0 aliphatic heterocycles. The van der Waals surface area contributed by atoms with E-state index in [9.17, 15) is 8.42 Å². The Morgan fingerprint density at radius 3 is 2.30 bits per heavy atom. The van der Waals surface area contributed by atoms with Crippen LogP contribution in [0.3, 0.4) is 0 Å². The minimum absolute atomic E-state index is 0.0139. The number of nitrogen functional groups attached to an aromatic ring is 1. The number of nitrogens with two attached hydrogens (primary N) is 1. The van der Waals surface area contributed by atoms with Crippen molar-refractivity contribution >= 4 is 15.7 Å². The molecule has 3 rings (SSSR count). The number of hydrogen-bond acceptors (Lipinski definition) is 3. The van der Waals surface area contributed by atoms with E-state index in [4.69, 9.17) is 5.73 Å². The third kappa shape index (κ3) is 2.69. The van der Waals surface area contributed by atoms with Crippen molar-refractivity contribution in [2.24, 2.45) is 0 Å². The van der Waals surface area contributed by atoms with E-state index < -0.39 is 10.0 Å². The second-order valence-electron chi connectivity index (χ2n) is 5.05. The van der Waals surface area contributed by atoms with Crippen LogP contribution < -0.4 is 10.5 Å². The lowest BCUT2D eigenvalue weighted by atomic mass is 10.1. The first-order valence-electron chi connectivity index (χ1n) is 6.49. The maximum atomic E-state index is 12.2. The van der Waals surface area contributed by atoms with E-state index in [0.29, 0.717) is 5.69 Å². The Morgan fingerprint density at radius 1 is 1.00 bits per heavy atom. The summed E-state index contributed by atoms with van der Waals surface area (Å²) in [5, 5.41) is 0. The zero-order chi connectivity index (χ0) is 14.2. The third-order valence-electron chi connectivity index (χ3n) is 3.52. The molecular weight excluding hydrogens is 272 g/mol. The molecule has 0 aromatic heterocycles. The summed E-state index contributed by atoms with van der Waals surface area (Å²) >= 11 is 0. The molecule has 0 radical (unpaired) electrons. The molecular formula is C15H16N2O2S. The van der Waals surface area contributed by atoms with E-state index in [1.54, 1.807) is 12.1 Å². The lowest BCUT2D eigenvalue weighted by Crippen LogP contribution is -2.26. The van der Waals surface area contributed by atoms with Crippen molar-refractivity contribution in [1.29, 1.82) is 0 Å². The maximum Gasteiger partial charge on any atom is 0.240 e. The van der Waals surface area contributed by atoms with Gasteiger partial charge in [0.15, 0.2) is 0 Å². The Bertz CT molecular complexity index is 696. The van der Waals surface area contributed by atoms with Crippen molar-refractivity contribution in [3.05, 3.63) is 60.2 Å². The summed E-state index contributed by atoms with van der Waals surface area (Å²) in [6.07, 6.45) is 0.845. The topological polar surface area (TPSA) is 72.2 Å². The van der Waals surface area contributed by atoms with E-state index in [-0.39, 0.29) is 16.9 Å². The van der Waals surface area contributed by atoms with Crippen molar-refractivity contribution in [2.75, 3.05) is 5.73 Å². The van der Waals surface area contributed by atoms with Gasteiger partial charge in [0.05, 0.1) is 4.90 Å². The van der Waals surface area contributed by atoms with Crippen LogP contribution in [0.15, 0.2) is 59.5 Å². The quantitative estimate of drug-likeness (QED) is 0.846. The van der Waals surface area contributed by atoms with Gasteiger partial charge in [-0.3, -0.25) is 0 Å². The highest BCUT2D eigenvalue weighted by Gasteiger charge is 2.41. The van der Waals surface area contributed by atoms with Crippen LogP contribution in [0.5, 0.6) is 0 Å². The van der Waals surface area contributed by atoms with Crippen molar-refractivity contribution in [1.82, 2.24) is 4.72 Å². The van der Waals surface area contributed by atoms with Crippen LogP contribution in [0, 0.1) is 0 Å². The van der Waals surface area contributed by atoms with E-state index in [2.05, 4.69) is 4.72 Å². The van der Waals surface area contributed by atoms with Crippen LogP contribution in [0.1, 0.15) is 17.9 Å². The van der Waals surface area contributed by atoms with Gasteiger partial charge < -0.3 is 5.73 Å². The molecule has 0 saturated heterocycles. The molecule has 20 heavy (non-hydrogen) atoms. The number of anilines is 1. The molecule has 0 heterocycles. The summed E-state index contributed by atoms with van der Waals surface area (Å²) in [6.45, 7) is 0. The Labute approximate surface area is 118 Å². The predicted octanol–water partition coefficient (Wildman–Crippen LogP) is 2.10. The molecule has 1 aliphatic rings. The molecule has 3 N–H and O–H groups in total. The van der Waals surface area contributed by atoms with E-state index in [1.165, 1.54) is 17.7 Å². The summed E-state index contributed by atoms with van der Waals surface area (Å²) in [5.74, 6) is 0.278. The van der Waals surface area contributed by atoms with Crippen molar-refractivity contribution in [3.63, 3.8) is 0 Å². The SMILES string of the molecule is Nc1ccc(S(=O)(=O)NC2CC2c2ccccc2)cc1. The molecule has 5 heteroatoms. The molecule has 1 saturated carbocycles. The van der Waals surface area contributed by atoms with E-state index in [0.717, 1.165) is 6.42 Å². The molecule has 0 amide bonds. The summed E-state index contributed by atoms with van der Waals surface area (Å²) in [4.78, 5) is 0.255. The first-order chi connectivity index (χ1) is 9.56. The van der Waals surface area contributed by atoms with Crippen LogP contribution in [0.25, 0.3) is 0 Å². The van der Waals surface area contributed by atoms with Gasteiger partial charge in [0.1, 0.15) is 0 Å². The largest absolute Gasteiger partial charge is 0.399 e. The Hall–Kier alpha value is -1.85. The first kappa shape index (κ1) is 13.1. The molecule has 2 aromatic carbocycles. The average molecular weight is 288 g/mol. The molecule has 2 atom stereocenters. The monoisotopic (exact) mass is 288 g/mol. The van der Waals surface area contributed by atoms with E-state index >= 15 is 0 Å². The van der Waals surface area contributed by atoms with Crippen molar-refractivity contribution in [3.8, 4) is 0 Å². The lowest BCUT2D eigenvalue weighted by Gasteiger charge is -2.07. The Morgan fingerprint density at radius 2 is 1.65 bits per heavy atom. The summed E-state index contributed by atoms with van der Waals surface area (Å²) in [5.41, 5.74) is 7.30. The third-order valence-corrected chi connectivity index (χ3v) is 5.02. The van der Waals surface area contributed by atoms with Crippen LogP contribution in [-0.2, 0) is 10.0 Å². The fourth-order valence-corrected chi connectivity index (χ4v) is 3.60. The normalized spacial score (nSPS) is 21.6. The Kier molecular flexibility index (Phi) is 3.23. The van der Waals surface area contributed by atoms with Crippen molar-refractivity contribution in [2.45, 2.75) is 23.3 Å². The highest BCUT2D eigenvalue weighted by atomic mass is 32.2. The summed E-state index contributed by atoms with van der Waals surface area (Å²) in [7, 11) is -3.46. The minimum Gasteiger partial charge on any atom is -0.399 e. The van der Waals surface area contributed by atoms with E-state index in [1.807, 2.05) is 30.3 Å². The molecule has 4 nitrogen and oxygen atoms in total. The molecule has 104 valence electrons. The zero-order valence-electron chi connectivity index (χ0n) is 10.9. The van der Waals surface area contributed by atoms with Crippen LogP contribution in [-0.4, -0.2) is 14.5 Å². The van der Waals surface area contributed by atoms with Gasteiger partial charge in [-0.05, 0) is 36.2 Å². The number of benzene rings is 2. The standard InChI is InChI=1S/C15H16N2O2S/c16-12-6-8-13(9-7-12)20(18,19)17-15-10-14(15)11-4-2-1-3-5-11/h1-9,14-15,17H,10,16H2. The van der Waals surface area contributed by atoms with Crippen LogP contribution in [0.2, 0.25) is 0 Å². The summed E-state index contributed by atoms with van der Waals surface area (Å²) in [6, 6.07) is 16.2. The molecule has 1 aliphatic carbocycles. The molecule has 0 bridgehead atoms. The predicted molar refractivity (Wildman–Crippen MR) is 78.8 cm³/mol. The molecule has 2 unspecified atom stereocenters. The van der Waals surface area contributed by atoms with Gasteiger partial charge in [-0.15, -0.1) is 0 Å². The fraction of sp³-hybridized carbons (Fsp3) is 0.200. The number of rotatable bonds is 4. The van der Waals surface area contributed by atoms with Gasteiger partial charge >= 0.3 is 0 Å². The van der Waals surface area contributed by atoms with Crippen molar-refractivity contribution < 1.29 is 8.42 Å². The van der Waals surface area contributed by atoms with Gasteiger partial charge in [-0.25, -0.2) is 13.1 Å². The minimum atomic E-state index is -3.46. The second kappa shape index (κ2) is 4.92. The van der Waals surface area contributed by atoms with Gasteiger partial charge in [0, 0.05) is 17.6 Å². The molecule has 2 aromatic rings.